The molecule has 90 valence electrons. The molecule has 0 bridgehead atoms. The Morgan fingerprint density at radius 2 is 1.75 bits per heavy atom. The van der Waals surface area contributed by atoms with E-state index in [1.54, 1.807) is 0 Å². The second-order valence-corrected chi connectivity index (χ2v) is 2.60. The molecule has 0 spiro atoms. The Morgan fingerprint density at radius 3 is 1.88 bits per heavy atom. The Labute approximate surface area is 95.6 Å². The quantitative estimate of drug-likeness (QED) is 0.703. The van der Waals surface area contributed by atoms with Crippen LogP contribution in [0, 0.1) is 6.92 Å². The van der Waals surface area contributed by atoms with Crippen molar-refractivity contribution in [1.82, 2.24) is 5.32 Å². The van der Waals surface area contributed by atoms with E-state index in [1.165, 1.54) is 19.7 Å². The molecule has 2 amide bonds. The summed E-state index contributed by atoms with van der Waals surface area (Å²) < 4.78 is 3.86. The van der Waals surface area contributed by atoms with Crippen molar-refractivity contribution in [3.8, 4) is 0 Å². The van der Waals surface area contributed by atoms with E-state index in [0.29, 0.717) is 6.47 Å². The third kappa shape index (κ3) is 17.9. The van der Waals surface area contributed by atoms with Gasteiger partial charge in [0, 0.05) is 7.05 Å². The first-order valence-electron chi connectivity index (χ1n) is 4.53. The molecule has 0 saturated heterocycles. The lowest BCUT2D eigenvalue weighted by Gasteiger charge is -1.82. The van der Waals surface area contributed by atoms with Gasteiger partial charge in [0.2, 0.25) is 0 Å². The van der Waals surface area contributed by atoms with Crippen molar-refractivity contribution in [2.45, 2.75) is 6.92 Å². The molecule has 0 aromatic heterocycles. The fourth-order valence-electron chi connectivity index (χ4n) is 0.534. The molecule has 0 aliphatic heterocycles. The van der Waals surface area contributed by atoms with Crippen LogP contribution in [-0.2, 0) is 9.53 Å². The van der Waals surface area contributed by atoms with E-state index in [2.05, 4.69) is 34.8 Å². The minimum atomic E-state index is -0.495. The largest absolute Gasteiger partial charge is 0.471 e. The molecular weight excluding hydrogens is 208 g/mol. The number of nitrogens with two attached hydrogens (primary N) is 1. The molecule has 3 N–H and O–H groups in total. The first-order chi connectivity index (χ1) is 7.58. The van der Waals surface area contributed by atoms with Gasteiger partial charge in [-0.1, -0.05) is 35.9 Å². The van der Waals surface area contributed by atoms with Crippen LogP contribution in [-0.4, -0.2) is 26.7 Å². The number of aryl methyl sites for hydroxylation is 1. The summed E-state index contributed by atoms with van der Waals surface area (Å²) in [5.41, 5.74) is 5.86. The number of benzene rings is 1. The van der Waals surface area contributed by atoms with Crippen molar-refractivity contribution >= 4 is 12.5 Å². The van der Waals surface area contributed by atoms with Gasteiger partial charge in [0.05, 0.1) is 7.11 Å². The topological polar surface area (TPSA) is 81.4 Å². The maximum Gasteiger partial charge on any atom is 0.311 e. The summed E-state index contributed by atoms with van der Waals surface area (Å²) in [7, 11) is 2.79. The lowest BCUT2D eigenvalue weighted by Crippen LogP contribution is -2.24. The highest BCUT2D eigenvalue weighted by molar-refractivity contribution is 5.71. The maximum absolute atomic E-state index is 9.48. The van der Waals surface area contributed by atoms with E-state index in [1.807, 2.05) is 18.2 Å². The lowest BCUT2D eigenvalue weighted by atomic mass is 10.2. The predicted octanol–water partition coefficient (Wildman–Crippen LogP) is 1.07. The fourth-order valence-corrected chi connectivity index (χ4v) is 0.534. The number of primary amides is 1. The monoisotopic (exact) mass is 226 g/mol. The van der Waals surface area contributed by atoms with Gasteiger partial charge in [-0.15, -0.1) is 0 Å². The Balaban J connectivity index is 0. The van der Waals surface area contributed by atoms with E-state index < -0.39 is 6.03 Å². The minimum absolute atomic E-state index is 0.375. The highest BCUT2D eigenvalue weighted by Crippen LogP contribution is 1.92. The Hall–Kier alpha value is -2.04. The van der Waals surface area contributed by atoms with E-state index in [4.69, 9.17) is 4.79 Å². The van der Waals surface area contributed by atoms with Crippen molar-refractivity contribution in [2.24, 2.45) is 5.73 Å². The number of methoxy groups -OCH3 is 1. The molecular formula is C11H18N2O3. The number of carbonyl (C=O) groups excluding carboxylic acids is 2. The van der Waals surface area contributed by atoms with Crippen LogP contribution in [0.2, 0.25) is 0 Å². The second kappa shape index (κ2) is 13.0. The van der Waals surface area contributed by atoms with Gasteiger partial charge in [-0.3, -0.25) is 4.79 Å². The van der Waals surface area contributed by atoms with E-state index >= 15 is 0 Å². The summed E-state index contributed by atoms with van der Waals surface area (Å²) in [6.45, 7) is 2.46. The minimum Gasteiger partial charge on any atom is -0.471 e. The first kappa shape index (κ1) is 16.4. The van der Waals surface area contributed by atoms with Crippen LogP contribution in [0.3, 0.4) is 0 Å². The molecule has 0 heterocycles. The summed E-state index contributed by atoms with van der Waals surface area (Å²) in [5.74, 6) is 0. The SMILES string of the molecule is CNC(N)=O.COC=O.Cc1ccccc1. The number of urea groups is 1. The summed E-state index contributed by atoms with van der Waals surface area (Å²) >= 11 is 0. The number of rotatable bonds is 1. The van der Waals surface area contributed by atoms with Crippen molar-refractivity contribution in [2.75, 3.05) is 14.2 Å². The van der Waals surface area contributed by atoms with Gasteiger partial charge in [-0.25, -0.2) is 4.79 Å². The average molecular weight is 226 g/mol. The number of ether oxygens (including phenoxy) is 1. The number of nitrogens with one attached hydrogen (secondary N) is 1. The highest BCUT2D eigenvalue weighted by atomic mass is 16.5. The number of carbonyl (C=O) groups is 2. The average Bonchev–Trinajstić information content (AvgIpc) is 2.31. The third-order valence-corrected chi connectivity index (χ3v) is 1.28. The van der Waals surface area contributed by atoms with Gasteiger partial charge >= 0.3 is 6.03 Å². The summed E-state index contributed by atoms with van der Waals surface area (Å²) in [4.78, 5) is 18.4. The first-order valence-corrected chi connectivity index (χ1v) is 4.53. The zero-order valence-corrected chi connectivity index (χ0v) is 9.77. The normalized spacial score (nSPS) is 7.19. The van der Waals surface area contributed by atoms with Crippen LogP contribution < -0.4 is 11.1 Å². The summed E-state index contributed by atoms with van der Waals surface area (Å²) in [5, 5.41) is 2.17. The standard InChI is InChI=1S/C7H8.C2H6N2O.C2H4O2/c1-7-5-3-2-4-6-7;1-4-2(3)5;1-4-2-3/h2-6H,1H3;1H3,(H3,3,4,5);2H,1H3. The molecule has 5 heteroatoms. The molecule has 0 saturated carbocycles. The molecule has 5 nitrogen and oxygen atoms in total. The lowest BCUT2D eigenvalue weighted by molar-refractivity contribution is -0.126. The van der Waals surface area contributed by atoms with E-state index in [9.17, 15) is 4.79 Å². The molecule has 1 aromatic carbocycles. The smallest absolute Gasteiger partial charge is 0.311 e. The molecule has 0 aliphatic rings. The fraction of sp³-hybridized carbons (Fsp3) is 0.273. The third-order valence-electron chi connectivity index (χ3n) is 1.28. The van der Waals surface area contributed by atoms with Crippen molar-refractivity contribution < 1.29 is 14.3 Å². The number of hydrogen-bond acceptors (Lipinski definition) is 3. The second-order valence-electron chi connectivity index (χ2n) is 2.60. The van der Waals surface area contributed by atoms with E-state index in [0.717, 1.165) is 0 Å². The Morgan fingerprint density at radius 1 is 1.38 bits per heavy atom. The predicted molar refractivity (Wildman–Crippen MR) is 62.9 cm³/mol. The highest BCUT2D eigenvalue weighted by Gasteiger charge is 1.73. The van der Waals surface area contributed by atoms with Crippen LogP contribution in [0.15, 0.2) is 30.3 Å². The molecule has 0 unspecified atom stereocenters. The van der Waals surface area contributed by atoms with Gasteiger partial charge in [-0.2, -0.15) is 0 Å². The van der Waals surface area contributed by atoms with Crippen LogP contribution in [0.1, 0.15) is 5.56 Å². The van der Waals surface area contributed by atoms with Gasteiger partial charge in [0.15, 0.2) is 0 Å². The summed E-state index contributed by atoms with van der Waals surface area (Å²) in [6.07, 6.45) is 0. The molecule has 0 radical (unpaired) electrons. The zero-order chi connectivity index (χ0) is 12.8. The van der Waals surface area contributed by atoms with Crippen LogP contribution in [0.5, 0.6) is 0 Å². The Bertz CT molecular complexity index is 276. The Kier molecular flexibility index (Phi) is 13.3. The van der Waals surface area contributed by atoms with Crippen molar-refractivity contribution in [3.63, 3.8) is 0 Å². The van der Waals surface area contributed by atoms with Crippen LogP contribution in [0.4, 0.5) is 4.79 Å². The van der Waals surface area contributed by atoms with Gasteiger partial charge in [-0.05, 0) is 6.92 Å². The zero-order valence-electron chi connectivity index (χ0n) is 9.77. The van der Waals surface area contributed by atoms with Gasteiger partial charge in [0.1, 0.15) is 0 Å². The molecule has 0 fully saturated rings. The molecule has 1 aromatic rings. The molecule has 0 aliphatic carbocycles. The van der Waals surface area contributed by atoms with Gasteiger partial charge in [0.25, 0.3) is 6.47 Å². The van der Waals surface area contributed by atoms with Crippen molar-refractivity contribution in [1.29, 1.82) is 0 Å². The number of hydrogen-bond donors (Lipinski definition) is 2. The number of amides is 2. The van der Waals surface area contributed by atoms with Crippen molar-refractivity contribution in [3.05, 3.63) is 35.9 Å². The molecule has 1 rings (SSSR count). The van der Waals surface area contributed by atoms with Gasteiger partial charge < -0.3 is 15.8 Å². The van der Waals surface area contributed by atoms with Crippen LogP contribution in [0.25, 0.3) is 0 Å². The molecule has 0 atom stereocenters. The summed E-state index contributed by atoms with van der Waals surface area (Å²) in [6, 6.07) is 9.77. The van der Waals surface area contributed by atoms with E-state index in [-0.39, 0.29) is 0 Å². The van der Waals surface area contributed by atoms with Crippen LogP contribution >= 0.6 is 0 Å². The maximum atomic E-state index is 9.48. The molecule has 16 heavy (non-hydrogen) atoms.